The van der Waals surface area contributed by atoms with Crippen molar-refractivity contribution in [3.8, 4) is 0 Å². The van der Waals surface area contributed by atoms with Crippen LogP contribution in [0.4, 0.5) is 0 Å². The quantitative estimate of drug-likeness (QED) is 0.774. The van der Waals surface area contributed by atoms with Crippen LogP contribution >= 0.6 is 0 Å². The van der Waals surface area contributed by atoms with Crippen LogP contribution in [0.1, 0.15) is 38.8 Å². The fourth-order valence-corrected chi connectivity index (χ4v) is 1.64. The van der Waals surface area contributed by atoms with E-state index in [4.69, 9.17) is 0 Å². The van der Waals surface area contributed by atoms with E-state index in [0.717, 1.165) is 5.69 Å². The minimum atomic E-state index is -0.777. The van der Waals surface area contributed by atoms with Gasteiger partial charge in [-0.3, -0.25) is 9.78 Å². The second-order valence-electron chi connectivity index (χ2n) is 4.53. The first kappa shape index (κ1) is 14.6. The standard InChI is InChI=1S/C14H22N2O2/c1-3-14(18,4-2)11-16-13(17)9-8-12-7-5-6-10-15-12/h5-7,10,18H,3-4,8-9,11H2,1-2H3,(H,16,17). The molecule has 100 valence electrons. The molecule has 1 aromatic rings. The van der Waals surface area contributed by atoms with E-state index in [2.05, 4.69) is 10.3 Å². The van der Waals surface area contributed by atoms with Gasteiger partial charge in [0.05, 0.1) is 5.60 Å². The molecule has 4 nitrogen and oxygen atoms in total. The molecule has 1 heterocycles. The summed E-state index contributed by atoms with van der Waals surface area (Å²) in [4.78, 5) is 15.8. The van der Waals surface area contributed by atoms with E-state index in [-0.39, 0.29) is 5.91 Å². The number of aromatic nitrogens is 1. The normalized spacial score (nSPS) is 11.3. The van der Waals surface area contributed by atoms with Gasteiger partial charge in [-0.25, -0.2) is 0 Å². The smallest absolute Gasteiger partial charge is 0.220 e. The SMILES string of the molecule is CCC(O)(CC)CNC(=O)CCc1ccccn1. The Kier molecular flexibility index (Phi) is 5.78. The number of nitrogens with one attached hydrogen (secondary N) is 1. The Balaban J connectivity index is 2.30. The molecule has 0 atom stereocenters. The highest BCUT2D eigenvalue weighted by atomic mass is 16.3. The monoisotopic (exact) mass is 250 g/mol. The number of aliphatic hydroxyl groups is 1. The number of carbonyl (C=O) groups is 1. The Labute approximate surface area is 108 Å². The van der Waals surface area contributed by atoms with Crippen LogP contribution in [0, 0.1) is 0 Å². The lowest BCUT2D eigenvalue weighted by atomic mass is 9.97. The molecule has 0 fully saturated rings. The van der Waals surface area contributed by atoms with E-state index >= 15 is 0 Å². The summed E-state index contributed by atoms with van der Waals surface area (Å²) < 4.78 is 0. The Morgan fingerprint density at radius 2 is 2.11 bits per heavy atom. The van der Waals surface area contributed by atoms with Gasteiger partial charge in [-0.1, -0.05) is 19.9 Å². The first-order valence-electron chi connectivity index (χ1n) is 6.48. The highest BCUT2D eigenvalue weighted by Gasteiger charge is 2.22. The molecule has 1 aromatic heterocycles. The molecule has 4 heteroatoms. The van der Waals surface area contributed by atoms with Gasteiger partial charge < -0.3 is 10.4 Å². The third-order valence-corrected chi connectivity index (χ3v) is 3.27. The van der Waals surface area contributed by atoms with Crippen molar-refractivity contribution in [2.75, 3.05) is 6.54 Å². The lowest BCUT2D eigenvalue weighted by molar-refractivity contribution is -0.122. The predicted molar refractivity (Wildman–Crippen MR) is 71.1 cm³/mol. The maximum absolute atomic E-state index is 11.6. The molecule has 0 aliphatic carbocycles. The van der Waals surface area contributed by atoms with Gasteiger partial charge in [0.25, 0.3) is 0 Å². The molecule has 0 aliphatic heterocycles. The third-order valence-electron chi connectivity index (χ3n) is 3.27. The molecular formula is C14H22N2O2. The number of carbonyl (C=O) groups excluding carboxylic acids is 1. The van der Waals surface area contributed by atoms with Crippen LogP contribution in [0.2, 0.25) is 0 Å². The summed E-state index contributed by atoms with van der Waals surface area (Å²) in [6, 6.07) is 5.67. The molecule has 0 bridgehead atoms. The van der Waals surface area contributed by atoms with Crippen LogP contribution in [-0.2, 0) is 11.2 Å². The predicted octanol–water partition coefficient (Wildman–Crippen LogP) is 1.68. The van der Waals surface area contributed by atoms with Crippen molar-refractivity contribution in [2.45, 2.75) is 45.1 Å². The van der Waals surface area contributed by atoms with Gasteiger partial charge in [-0.05, 0) is 31.4 Å². The summed E-state index contributed by atoms with van der Waals surface area (Å²) in [5.74, 6) is -0.0408. The fourth-order valence-electron chi connectivity index (χ4n) is 1.64. The second kappa shape index (κ2) is 7.11. The number of pyridine rings is 1. The van der Waals surface area contributed by atoms with Gasteiger partial charge in [0.15, 0.2) is 0 Å². The number of amides is 1. The molecule has 0 saturated heterocycles. The van der Waals surface area contributed by atoms with Crippen LogP contribution in [0.5, 0.6) is 0 Å². The zero-order valence-corrected chi connectivity index (χ0v) is 11.1. The van der Waals surface area contributed by atoms with Crippen LogP contribution in [0.15, 0.2) is 24.4 Å². The summed E-state index contributed by atoms with van der Waals surface area (Å²) in [5, 5.41) is 12.8. The zero-order valence-electron chi connectivity index (χ0n) is 11.1. The van der Waals surface area contributed by atoms with Crippen LogP contribution < -0.4 is 5.32 Å². The number of aryl methyl sites for hydroxylation is 1. The zero-order chi connectivity index (χ0) is 13.4. The average molecular weight is 250 g/mol. The first-order chi connectivity index (χ1) is 8.59. The van der Waals surface area contributed by atoms with Gasteiger partial charge in [0, 0.05) is 24.9 Å². The number of nitrogens with zero attached hydrogens (tertiary/aromatic N) is 1. The highest BCUT2D eigenvalue weighted by Crippen LogP contribution is 2.12. The van der Waals surface area contributed by atoms with Crippen molar-refractivity contribution < 1.29 is 9.90 Å². The number of hydrogen-bond acceptors (Lipinski definition) is 3. The van der Waals surface area contributed by atoms with Crippen LogP contribution in [0.3, 0.4) is 0 Å². The summed E-state index contributed by atoms with van der Waals surface area (Å²) in [6.45, 7) is 4.16. The molecule has 1 rings (SSSR count). The Morgan fingerprint density at radius 3 is 2.67 bits per heavy atom. The summed E-state index contributed by atoms with van der Waals surface area (Å²) in [5.41, 5.74) is 0.134. The van der Waals surface area contributed by atoms with Gasteiger partial charge in [0.2, 0.25) is 5.91 Å². The topological polar surface area (TPSA) is 62.2 Å². The molecule has 0 aliphatic rings. The molecular weight excluding hydrogens is 228 g/mol. The summed E-state index contributed by atoms with van der Waals surface area (Å²) in [7, 11) is 0. The van der Waals surface area contributed by atoms with Crippen molar-refractivity contribution in [3.63, 3.8) is 0 Å². The maximum atomic E-state index is 11.6. The largest absolute Gasteiger partial charge is 0.388 e. The first-order valence-corrected chi connectivity index (χ1v) is 6.48. The highest BCUT2D eigenvalue weighted by molar-refractivity contribution is 5.76. The van der Waals surface area contributed by atoms with Crippen LogP contribution in [0.25, 0.3) is 0 Å². The van der Waals surface area contributed by atoms with Crippen molar-refractivity contribution in [1.29, 1.82) is 0 Å². The van der Waals surface area contributed by atoms with E-state index < -0.39 is 5.60 Å². The van der Waals surface area contributed by atoms with Crippen LogP contribution in [-0.4, -0.2) is 28.1 Å². The molecule has 18 heavy (non-hydrogen) atoms. The van der Waals surface area contributed by atoms with Crippen molar-refractivity contribution in [3.05, 3.63) is 30.1 Å². The maximum Gasteiger partial charge on any atom is 0.220 e. The minimum absolute atomic E-state index is 0.0408. The van der Waals surface area contributed by atoms with E-state index in [0.29, 0.717) is 32.2 Å². The summed E-state index contributed by atoms with van der Waals surface area (Å²) >= 11 is 0. The van der Waals surface area contributed by atoms with E-state index in [1.165, 1.54) is 0 Å². The van der Waals surface area contributed by atoms with E-state index in [9.17, 15) is 9.90 Å². The molecule has 0 radical (unpaired) electrons. The molecule has 0 spiro atoms. The fraction of sp³-hybridized carbons (Fsp3) is 0.571. The van der Waals surface area contributed by atoms with Gasteiger partial charge in [-0.2, -0.15) is 0 Å². The van der Waals surface area contributed by atoms with Gasteiger partial charge in [-0.15, -0.1) is 0 Å². The number of rotatable bonds is 7. The average Bonchev–Trinajstić information content (AvgIpc) is 2.43. The van der Waals surface area contributed by atoms with Crippen molar-refractivity contribution in [1.82, 2.24) is 10.3 Å². The molecule has 2 N–H and O–H groups in total. The molecule has 1 amide bonds. The van der Waals surface area contributed by atoms with Crippen molar-refractivity contribution in [2.24, 2.45) is 0 Å². The molecule has 0 saturated carbocycles. The van der Waals surface area contributed by atoms with E-state index in [1.54, 1.807) is 6.20 Å². The van der Waals surface area contributed by atoms with Gasteiger partial charge >= 0.3 is 0 Å². The molecule has 0 aromatic carbocycles. The molecule has 0 unspecified atom stereocenters. The lowest BCUT2D eigenvalue weighted by Gasteiger charge is -2.25. The Bertz CT molecular complexity index is 361. The lowest BCUT2D eigenvalue weighted by Crippen LogP contribution is -2.42. The number of hydrogen-bond donors (Lipinski definition) is 2. The van der Waals surface area contributed by atoms with E-state index in [1.807, 2.05) is 32.0 Å². The Morgan fingerprint density at radius 1 is 1.39 bits per heavy atom. The summed E-state index contributed by atoms with van der Waals surface area (Å²) in [6.07, 6.45) is 4.04. The second-order valence-corrected chi connectivity index (χ2v) is 4.53. The third kappa shape index (κ3) is 4.84. The Hall–Kier alpha value is -1.42. The van der Waals surface area contributed by atoms with Crippen molar-refractivity contribution >= 4 is 5.91 Å². The van der Waals surface area contributed by atoms with Gasteiger partial charge in [0.1, 0.15) is 0 Å². The minimum Gasteiger partial charge on any atom is -0.388 e.